The highest BCUT2D eigenvalue weighted by Gasteiger charge is 2.25. The van der Waals surface area contributed by atoms with E-state index in [1.54, 1.807) is 18.3 Å². The number of hydrogen-bond donors (Lipinski definition) is 2. The van der Waals surface area contributed by atoms with E-state index in [0.29, 0.717) is 6.54 Å². The fraction of sp³-hybridized carbons (Fsp3) is 0.583. The Morgan fingerprint density at radius 2 is 2.17 bits per heavy atom. The molecule has 1 aromatic rings. The van der Waals surface area contributed by atoms with Crippen molar-refractivity contribution in [3.63, 3.8) is 0 Å². The Bertz CT molecular complexity index is 481. The van der Waals surface area contributed by atoms with Crippen LogP contribution in [0.1, 0.15) is 31.7 Å². The molecule has 100 valence electrons. The average molecular weight is 269 g/mol. The van der Waals surface area contributed by atoms with Gasteiger partial charge < -0.3 is 5.32 Å². The third kappa shape index (κ3) is 3.28. The van der Waals surface area contributed by atoms with Gasteiger partial charge in [0.15, 0.2) is 5.03 Å². The Morgan fingerprint density at radius 1 is 1.39 bits per heavy atom. The molecule has 1 aromatic heterocycles. The van der Waals surface area contributed by atoms with E-state index < -0.39 is 10.0 Å². The standard InChI is InChI=1S/C12H19N3O2S/c1-2-13-8-10-6-7-12(14-9-10)18(16,17)15-11-4-3-5-11/h6-7,9,11,13,15H,2-5,8H2,1H3. The van der Waals surface area contributed by atoms with Crippen LogP contribution in [0.5, 0.6) is 0 Å². The molecule has 0 radical (unpaired) electrons. The van der Waals surface area contributed by atoms with Crippen LogP contribution >= 0.6 is 0 Å². The predicted octanol–water partition coefficient (Wildman–Crippen LogP) is 1.02. The molecule has 0 saturated heterocycles. The third-order valence-electron chi connectivity index (χ3n) is 3.08. The van der Waals surface area contributed by atoms with Crippen molar-refractivity contribution >= 4 is 10.0 Å². The van der Waals surface area contributed by atoms with Crippen LogP contribution in [-0.4, -0.2) is 26.0 Å². The SMILES string of the molecule is CCNCc1ccc(S(=O)(=O)NC2CCC2)nc1. The quantitative estimate of drug-likeness (QED) is 0.809. The van der Waals surface area contributed by atoms with Crippen molar-refractivity contribution in [1.82, 2.24) is 15.0 Å². The summed E-state index contributed by atoms with van der Waals surface area (Å²) in [7, 11) is -3.44. The second kappa shape index (κ2) is 5.77. The molecule has 5 nitrogen and oxygen atoms in total. The van der Waals surface area contributed by atoms with Gasteiger partial charge in [0.05, 0.1) is 0 Å². The number of pyridine rings is 1. The van der Waals surface area contributed by atoms with Crippen LogP contribution in [0.2, 0.25) is 0 Å². The lowest BCUT2D eigenvalue weighted by Crippen LogP contribution is -2.39. The second-order valence-corrected chi connectivity index (χ2v) is 6.19. The molecule has 0 aliphatic heterocycles. The summed E-state index contributed by atoms with van der Waals surface area (Å²) >= 11 is 0. The minimum absolute atomic E-state index is 0.0956. The van der Waals surface area contributed by atoms with E-state index in [1.165, 1.54) is 0 Å². The summed E-state index contributed by atoms with van der Waals surface area (Å²) in [4.78, 5) is 4.02. The first kappa shape index (κ1) is 13.5. The van der Waals surface area contributed by atoms with Gasteiger partial charge in [-0.1, -0.05) is 19.4 Å². The van der Waals surface area contributed by atoms with Crippen molar-refractivity contribution in [3.8, 4) is 0 Å². The van der Waals surface area contributed by atoms with E-state index in [0.717, 1.165) is 31.4 Å². The van der Waals surface area contributed by atoms with E-state index in [-0.39, 0.29) is 11.1 Å². The number of hydrogen-bond acceptors (Lipinski definition) is 4. The van der Waals surface area contributed by atoms with E-state index in [9.17, 15) is 8.42 Å². The lowest BCUT2D eigenvalue weighted by Gasteiger charge is -2.25. The van der Waals surface area contributed by atoms with Crippen molar-refractivity contribution in [1.29, 1.82) is 0 Å². The molecular weight excluding hydrogens is 250 g/mol. The number of rotatable bonds is 6. The van der Waals surface area contributed by atoms with E-state index in [2.05, 4.69) is 15.0 Å². The van der Waals surface area contributed by atoms with E-state index in [4.69, 9.17) is 0 Å². The smallest absolute Gasteiger partial charge is 0.258 e. The highest BCUT2D eigenvalue weighted by atomic mass is 32.2. The summed E-state index contributed by atoms with van der Waals surface area (Å²) < 4.78 is 26.6. The number of nitrogens with one attached hydrogen (secondary N) is 2. The fourth-order valence-corrected chi connectivity index (χ4v) is 2.98. The van der Waals surface area contributed by atoms with Crippen LogP contribution in [0, 0.1) is 0 Å². The van der Waals surface area contributed by atoms with Crippen LogP contribution in [0.3, 0.4) is 0 Å². The zero-order chi connectivity index (χ0) is 13.0. The molecule has 1 heterocycles. The maximum absolute atomic E-state index is 12.0. The van der Waals surface area contributed by atoms with Gasteiger partial charge in [-0.05, 0) is 31.0 Å². The van der Waals surface area contributed by atoms with Gasteiger partial charge in [0, 0.05) is 18.8 Å². The first-order valence-electron chi connectivity index (χ1n) is 6.30. The molecule has 0 amide bonds. The Hall–Kier alpha value is -0.980. The van der Waals surface area contributed by atoms with Gasteiger partial charge in [0.2, 0.25) is 0 Å². The topological polar surface area (TPSA) is 71.1 Å². The lowest BCUT2D eigenvalue weighted by molar-refractivity contribution is 0.383. The van der Waals surface area contributed by atoms with Gasteiger partial charge in [0.1, 0.15) is 0 Å². The predicted molar refractivity (Wildman–Crippen MR) is 69.6 cm³/mol. The van der Waals surface area contributed by atoms with Crippen LogP contribution < -0.4 is 10.0 Å². The summed E-state index contributed by atoms with van der Waals surface area (Å²) in [6, 6.07) is 3.46. The Labute approximate surface area is 108 Å². The molecule has 0 aromatic carbocycles. The van der Waals surface area contributed by atoms with Crippen LogP contribution in [0.25, 0.3) is 0 Å². The van der Waals surface area contributed by atoms with Crippen LogP contribution in [0.4, 0.5) is 0 Å². The first-order valence-corrected chi connectivity index (χ1v) is 7.78. The fourth-order valence-electron chi connectivity index (χ4n) is 1.75. The highest BCUT2D eigenvalue weighted by Crippen LogP contribution is 2.20. The normalized spacial score (nSPS) is 16.5. The van der Waals surface area contributed by atoms with E-state index >= 15 is 0 Å². The molecule has 2 N–H and O–H groups in total. The molecule has 6 heteroatoms. The van der Waals surface area contributed by atoms with Gasteiger partial charge in [-0.3, -0.25) is 0 Å². The van der Waals surface area contributed by atoms with Crippen molar-refractivity contribution in [3.05, 3.63) is 23.9 Å². The molecule has 0 spiro atoms. The minimum Gasteiger partial charge on any atom is -0.313 e. The molecule has 0 unspecified atom stereocenters. The molecule has 1 aliphatic carbocycles. The number of aromatic nitrogens is 1. The second-order valence-electron chi connectivity index (χ2n) is 4.53. The summed E-state index contributed by atoms with van der Waals surface area (Å²) in [6.45, 7) is 3.61. The van der Waals surface area contributed by atoms with Gasteiger partial charge in [-0.2, -0.15) is 0 Å². The molecule has 0 bridgehead atoms. The van der Waals surface area contributed by atoms with Gasteiger partial charge >= 0.3 is 0 Å². The Kier molecular flexibility index (Phi) is 4.31. The zero-order valence-electron chi connectivity index (χ0n) is 10.5. The van der Waals surface area contributed by atoms with Gasteiger partial charge in [0.25, 0.3) is 10.0 Å². The summed E-state index contributed by atoms with van der Waals surface area (Å²) in [5.74, 6) is 0. The van der Waals surface area contributed by atoms with Crippen LogP contribution in [-0.2, 0) is 16.6 Å². The molecule has 1 saturated carbocycles. The molecule has 18 heavy (non-hydrogen) atoms. The maximum Gasteiger partial charge on any atom is 0.258 e. The van der Waals surface area contributed by atoms with Crippen molar-refractivity contribution < 1.29 is 8.42 Å². The average Bonchev–Trinajstić information content (AvgIpc) is 2.32. The van der Waals surface area contributed by atoms with E-state index in [1.807, 2.05) is 6.92 Å². The first-order chi connectivity index (χ1) is 8.62. The molecule has 2 rings (SSSR count). The molecule has 1 fully saturated rings. The largest absolute Gasteiger partial charge is 0.313 e. The van der Waals surface area contributed by atoms with Gasteiger partial charge in [-0.15, -0.1) is 0 Å². The Balaban J connectivity index is 2.03. The molecular formula is C12H19N3O2S. The monoisotopic (exact) mass is 269 g/mol. The zero-order valence-corrected chi connectivity index (χ0v) is 11.3. The highest BCUT2D eigenvalue weighted by molar-refractivity contribution is 7.89. The number of sulfonamides is 1. The maximum atomic E-state index is 12.0. The van der Waals surface area contributed by atoms with Crippen molar-refractivity contribution in [2.75, 3.05) is 6.54 Å². The third-order valence-corrected chi connectivity index (χ3v) is 4.51. The molecule has 0 atom stereocenters. The number of nitrogens with zero attached hydrogens (tertiary/aromatic N) is 1. The summed E-state index contributed by atoms with van der Waals surface area (Å²) in [5, 5.41) is 3.27. The molecule has 1 aliphatic rings. The van der Waals surface area contributed by atoms with Crippen molar-refractivity contribution in [2.24, 2.45) is 0 Å². The lowest BCUT2D eigenvalue weighted by atomic mass is 9.94. The van der Waals surface area contributed by atoms with Crippen LogP contribution in [0.15, 0.2) is 23.4 Å². The van der Waals surface area contributed by atoms with Crippen molar-refractivity contribution in [2.45, 2.75) is 43.8 Å². The van der Waals surface area contributed by atoms with Gasteiger partial charge in [-0.25, -0.2) is 18.1 Å². The summed E-state index contributed by atoms with van der Waals surface area (Å²) in [5.41, 5.74) is 0.986. The summed E-state index contributed by atoms with van der Waals surface area (Å²) in [6.07, 6.45) is 4.57. The Morgan fingerprint density at radius 3 is 2.67 bits per heavy atom. The minimum atomic E-state index is -3.44.